The van der Waals surface area contributed by atoms with Crippen LogP contribution in [0.15, 0.2) is 42.9 Å². The molecule has 0 bridgehead atoms. The molecule has 7 nitrogen and oxygen atoms in total. The van der Waals surface area contributed by atoms with Gasteiger partial charge in [0.05, 0.1) is 19.3 Å². The van der Waals surface area contributed by atoms with Crippen LogP contribution < -0.4 is 5.32 Å². The molecule has 2 aromatic rings. The highest BCUT2D eigenvalue weighted by molar-refractivity contribution is 5.94. The van der Waals surface area contributed by atoms with E-state index in [-0.39, 0.29) is 17.5 Å². The average Bonchev–Trinajstić information content (AvgIpc) is 2.64. The number of ether oxygens (including phenoxy) is 1. The first-order valence-corrected chi connectivity index (χ1v) is 7.89. The monoisotopic (exact) mass is 328 g/mol. The zero-order valence-electron chi connectivity index (χ0n) is 13.3. The number of pyridine rings is 2. The minimum absolute atomic E-state index is 0.00240. The lowest BCUT2D eigenvalue weighted by atomic mass is 10.1. The summed E-state index contributed by atoms with van der Waals surface area (Å²) in [6.45, 7) is 3.34. The van der Waals surface area contributed by atoms with E-state index in [0.717, 1.165) is 18.7 Å². The maximum absolute atomic E-state index is 12.3. The molecular weight excluding hydrogens is 308 g/mol. The molecule has 1 atom stereocenters. The van der Waals surface area contributed by atoms with Crippen LogP contribution in [-0.2, 0) is 4.74 Å². The summed E-state index contributed by atoms with van der Waals surface area (Å²) in [6.07, 6.45) is 5.02. The van der Waals surface area contributed by atoms with Crippen LogP contribution in [0.2, 0.25) is 0 Å². The van der Waals surface area contributed by atoms with Crippen molar-refractivity contribution in [3.63, 3.8) is 0 Å². The zero-order valence-corrected chi connectivity index (χ0v) is 13.3. The number of carbonyl (C=O) groups is 1. The van der Waals surface area contributed by atoms with Crippen molar-refractivity contribution in [3.05, 3.63) is 54.1 Å². The summed E-state index contributed by atoms with van der Waals surface area (Å²) in [5.74, 6) is -0.519. The lowest BCUT2D eigenvalue weighted by Gasteiger charge is -2.34. The summed E-state index contributed by atoms with van der Waals surface area (Å²) in [7, 11) is 0. The summed E-state index contributed by atoms with van der Waals surface area (Å²) >= 11 is 0. The van der Waals surface area contributed by atoms with E-state index in [9.17, 15) is 9.90 Å². The minimum Gasteiger partial charge on any atom is -0.505 e. The van der Waals surface area contributed by atoms with Crippen LogP contribution in [0.25, 0.3) is 0 Å². The summed E-state index contributed by atoms with van der Waals surface area (Å²) in [5.41, 5.74) is 1.06. The van der Waals surface area contributed by atoms with Gasteiger partial charge in [-0.25, -0.2) is 4.98 Å². The molecule has 1 aliphatic rings. The van der Waals surface area contributed by atoms with E-state index in [1.54, 1.807) is 12.3 Å². The fourth-order valence-corrected chi connectivity index (χ4v) is 2.76. The van der Waals surface area contributed by atoms with Crippen molar-refractivity contribution in [2.75, 3.05) is 32.8 Å². The third-order valence-corrected chi connectivity index (χ3v) is 4.01. The largest absolute Gasteiger partial charge is 0.505 e. The fraction of sp³-hybridized carbons (Fsp3) is 0.353. The first kappa shape index (κ1) is 16.4. The van der Waals surface area contributed by atoms with Crippen LogP contribution >= 0.6 is 0 Å². The van der Waals surface area contributed by atoms with Gasteiger partial charge in [-0.05, 0) is 23.8 Å². The minimum atomic E-state index is -0.393. The van der Waals surface area contributed by atoms with E-state index in [1.165, 1.54) is 12.3 Å². The Bertz CT molecular complexity index is 675. The Labute approximate surface area is 140 Å². The smallest absolute Gasteiger partial charge is 0.273 e. The normalized spacial score (nSPS) is 16.5. The number of nitrogens with one attached hydrogen (secondary N) is 1. The maximum Gasteiger partial charge on any atom is 0.273 e. The third kappa shape index (κ3) is 3.87. The second-order valence-corrected chi connectivity index (χ2v) is 5.53. The molecule has 0 saturated carbocycles. The van der Waals surface area contributed by atoms with E-state index in [0.29, 0.717) is 19.8 Å². The van der Waals surface area contributed by atoms with Crippen LogP contribution in [0.3, 0.4) is 0 Å². The number of nitrogens with zero attached hydrogens (tertiary/aromatic N) is 3. The van der Waals surface area contributed by atoms with E-state index < -0.39 is 5.91 Å². The summed E-state index contributed by atoms with van der Waals surface area (Å²) in [5, 5.41) is 12.6. The molecule has 2 N–H and O–H groups in total. The molecule has 3 heterocycles. The molecule has 1 aliphatic heterocycles. The quantitative estimate of drug-likeness (QED) is 0.851. The predicted molar refractivity (Wildman–Crippen MR) is 87.6 cm³/mol. The van der Waals surface area contributed by atoms with Gasteiger partial charge in [0.2, 0.25) is 0 Å². The number of aromatic hydroxyl groups is 1. The highest BCUT2D eigenvalue weighted by Crippen LogP contribution is 2.21. The van der Waals surface area contributed by atoms with Gasteiger partial charge in [0.1, 0.15) is 5.75 Å². The molecule has 0 aliphatic carbocycles. The number of amides is 1. The van der Waals surface area contributed by atoms with E-state index in [2.05, 4.69) is 20.2 Å². The van der Waals surface area contributed by atoms with Crippen LogP contribution in [0, 0.1) is 0 Å². The topological polar surface area (TPSA) is 87.6 Å². The predicted octanol–water partition coefficient (Wildman–Crippen LogP) is 0.985. The second kappa shape index (κ2) is 7.85. The third-order valence-electron chi connectivity index (χ3n) is 4.01. The molecule has 2 aromatic heterocycles. The van der Waals surface area contributed by atoms with Crippen molar-refractivity contribution in [1.29, 1.82) is 0 Å². The van der Waals surface area contributed by atoms with Gasteiger partial charge in [0, 0.05) is 38.2 Å². The van der Waals surface area contributed by atoms with Gasteiger partial charge in [-0.15, -0.1) is 0 Å². The molecule has 1 saturated heterocycles. The molecule has 0 spiro atoms. The Morgan fingerprint density at radius 3 is 2.79 bits per heavy atom. The van der Waals surface area contributed by atoms with Gasteiger partial charge in [-0.2, -0.15) is 0 Å². The Hall–Kier alpha value is -2.51. The second-order valence-electron chi connectivity index (χ2n) is 5.53. The Kier molecular flexibility index (Phi) is 5.35. The molecule has 0 radical (unpaired) electrons. The van der Waals surface area contributed by atoms with Gasteiger partial charge >= 0.3 is 0 Å². The molecule has 1 amide bonds. The van der Waals surface area contributed by atoms with Gasteiger partial charge in [-0.3, -0.25) is 14.7 Å². The van der Waals surface area contributed by atoms with Crippen LogP contribution in [0.5, 0.6) is 5.75 Å². The Morgan fingerprint density at radius 1 is 1.29 bits per heavy atom. The molecule has 0 aromatic carbocycles. The lowest BCUT2D eigenvalue weighted by molar-refractivity contribution is 0.0161. The highest BCUT2D eigenvalue weighted by atomic mass is 16.5. The first-order valence-electron chi connectivity index (χ1n) is 7.89. The standard InChI is InChI=1S/C17H20N4O3/c22-15-4-2-6-19-16(15)17(23)20-12-14(13-3-1-5-18-11-13)21-7-9-24-10-8-21/h1-6,11,14,22H,7-10,12H2,(H,20,23). The fourth-order valence-electron chi connectivity index (χ4n) is 2.76. The number of aromatic nitrogens is 2. The van der Waals surface area contributed by atoms with E-state index in [1.807, 2.05) is 18.3 Å². The van der Waals surface area contributed by atoms with Crippen molar-refractivity contribution in [1.82, 2.24) is 20.2 Å². The van der Waals surface area contributed by atoms with Gasteiger partial charge in [0.25, 0.3) is 5.91 Å². The molecular formula is C17H20N4O3. The Balaban J connectivity index is 1.72. The van der Waals surface area contributed by atoms with Crippen molar-refractivity contribution < 1.29 is 14.6 Å². The maximum atomic E-state index is 12.3. The number of rotatable bonds is 5. The van der Waals surface area contributed by atoms with Crippen LogP contribution in [-0.4, -0.2) is 58.7 Å². The van der Waals surface area contributed by atoms with Crippen molar-refractivity contribution in [2.45, 2.75) is 6.04 Å². The summed E-state index contributed by atoms with van der Waals surface area (Å²) in [6, 6.07) is 6.91. The van der Waals surface area contributed by atoms with Crippen LogP contribution in [0.1, 0.15) is 22.1 Å². The molecule has 24 heavy (non-hydrogen) atoms. The van der Waals surface area contributed by atoms with Gasteiger partial charge < -0.3 is 15.2 Å². The van der Waals surface area contributed by atoms with Crippen molar-refractivity contribution >= 4 is 5.91 Å². The van der Waals surface area contributed by atoms with E-state index in [4.69, 9.17) is 4.74 Å². The zero-order chi connectivity index (χ0) is 16.8. The molecule has 1 unspecified atom stereocenters. The number of hydrogen-bond donors (Lipinski definition) is 2. The molecule has 1 fully saturated rings. The van der Waals surface area contributed by atoms with E-state index >= 15 is 0 Å². The lowest BCUT2D eigenvalue weighted by Crippen LogP contribution is -2.44. The van der Waals surface area contributed by atoms with Gasteiger partial charge in [-0.1, -0.05) is 6.07 Å². The summed E-state index contributed by atoms with van der Waals surface area (Å²) in [4.78, 5) is 22.7. The number of hydrogen-bond acceptors (Lipinski definition) is 6. The Morgan fingerprint density at radius 2 is 2.08 bits per heavy atom. The SMILES string of the molecule is O=C(NCC(c1cccnc1)N1CCOCC1)c1ncccc1O. The van der Waals surface area contributed by atoms with Crippen molar-refractivity contribution in [2.24, 2.45) is 0 Å². The van der Waals surface area contributed by atoms with Crippen molar-refractivity contribution in [3.8, 4) is 5.75 Å². The first-order chi connectivity index (χ1) is 11.8. The average molecular weight is 328 g/mol. The molecule has 7 heteroatoms. The number of morpholine rings is 1. The summed E-state index contributed by atoms with van der Waals surface area (Å²) < 4.78 is 5.41. The van der Waals surface area contributed by atoms with Gasteiger partial charge in [0.15, 0.2) is 5.69 Å². The molecule has 3 rings (SSSR count). The highest BCUT2D eigenvalue weighted by Gasteiger charge is 2.24. The van der Waals surface area contributed by atoms with Crippen LogP contribution in [0.4, 0.5) is 0 Å². The number of carbonyl (C=O) groups excluding carboxylic acids is 1. The molecule has 126 valence electrons.